The Kier molecular flexibility index (Phi) is 5.15. The lowest BCUT2D eigenvalue weighted by Crippen LogP contribution is -2.57. The van der Waals surface area contributed by atoms with E-state index in [9.17, 15) is 9.59 Å². The maximum atomic E-state index is 12.3. The zero-order valence-electron chi connectivity index (χ0n) is 11.7. The van der Waals surface area contributed by atoms with Gasteiger partial charge in [-0.3, -0.25) is 14.5 Å². The van der Waals surface area contributed by atoms with Gasteiger partial charge in [0.05, 0.1) is 12.6 Å². The molecule has 0 saturated carbocycles. The minimum Gasteiger partial charge on any atom is -0.353 e. The van der Waals surface area contributed by atoms with E-state index < -0.39 is 0 Å². The van der Waals surface area contributed by atoms with E-state index in [1.54, 1.807) is 0 Å². The maximum absolute atomic E-state index is 12.3. The Hall–Kier alpha value is -1.14. The van der Waals surface area contributed by atoms with Gasteiger partial charge >= 0.3 is 0 Å². The number of hydrogen-bond donors (Lipinski definition) is 2. The molecule has 2 rings (SSSR count). The van der Waals surface area contributed by atoms with E-state index in [0.29, 0.717) is 13.1 Å². The minimum absolute atomic E-state index is 0.0547. The highest BCUT2D eigenvalue weighted by molar-refractivity contribution is 5.84. The van der Waals surface area contributed by atoms with Gasteiger partial charge in [0.1, 0.15) is 0 Å². The summed E-state index contributed by atoms with van der Waals surface area (Å²) >= 11 is 0. The van der Waals surface area contributed by atoms with Crippen molar-refractivity contribution in [3.8, 4) is 0 Å². The Bertz CT molecular complexity index is 327. The van der Waals surface area contributed by atoms with Gasteiger partial charge in [-0.2, -0.15) is 0 Å². The molecule has 2 fully saturated rings. The molecular weight excluding hydrogens is 244 g/mol. The molecule has 0 radical (unpaired) electrons. The summed E-state index contributed by atoms with van der Waals surface area (Å²) in [6.45, 7) is 7.20. The van der Waals surface area contributed by atoms with Crippen molar-refractivity contribution in [3.63, 3.8) is 0 Å². The Morgan fingerprint density at radius 3 is 2.89 bits per heavy atom. The van der Waals surface area contributed by atoms with Crippen LogP contribution in [0, 0.1) is 0 Å². The van der Waals surface area contributed by atoms with Crippen molar-refractivity contribution in [2.24, 2.45) is 0 Å². The summed E-state index contributed by atoms with van der Waals surface area (Å²) in [4.78, 5) is 28.0. The van der Waals surface area contributed by atoms with Gasteiger partial charge in [0, 0.05) is 32.7 Å². The quantitative estimate of drug-likeness (QED) is 0.690. The predicted molar refractivity (Wildman–Crippen MR) is 72.7 cm³/mol. The number of nitrogens with one attached hydrogen (secondary N) is 2. The molecule has 0 aromatic rings. The summed E-state index contributed by atoms with van der Waals surface area (Å²) in [7, 11) is 0. The highest BCUT2D eigenvalue weighted by Crippen LogP contribution is 2.09. The van der Waals surface area contributed by atoms with E-state index in [4.69, 9.17) is 0 Å². The topological polar surface area (TPSA) is 64.7 Å². The first-order chi connectivity index (χ1) is 9.22. The fourth-order valence-corrected chi connectivity index (χ4v) is 2.76. The van der Waals surface area contributed by atoms with Gasteiger partial charge in [0.15, 0.2) is 0 Å². The van der Waals surface area contributed by atoms with Crippen molar-refractivity contribution in [3.05, 3.63) is 0 Å². The molecule has 6 heteroatoms. The fourth-order valence-electron chi connectivity index (χ4n) is 2.76. The van der Waals surface area contributed by atoms with Gasteiger partial charge in [-0.1, -0.05) is 6.92 Å². The largest absolute Gasteiger partial charge is 0.353 e. The van der Waals surface area contributed by atoms with Gasteiger partial charge in [-0.25, -0.2) is 0 Å². The van der Waals surface area contributed by atoms with Crippen LogP contribution in [0.15, 0.2) is 0 Å². The number of carbonyl (C=O) groups is 2. The third kappa shape index (κ3) is 3.67. The summed E-state index contributed by atoms with van der Waals surface area (Å²) in [5.41, 5.74) is 0. The van der Waals surface area contributed by atoms with Crippen LogP contribution in [0.4, 0.5) is 0 Å². The highest BCUT2D eigenvalue weighted by Gasteiger charge is 2.30. The molecular formula is C13H24N4O2. The average molecular weight is 268 g/mol. The number of rotatable bonds is 3. The smallest absolute Gasteiger partial charge is 0.237 e. The average Bonchev–Trinajstić information content (AvgIpc) is 2.68. The van der Waals surface area contributed by atoms with Gasteiger partial charge < -0.3 is 15.5 Å². The van der Waals surface area contributed by atoms with Crippen LogP contribution >= 0.6 is 0 Å². The number of hydrogen-bond acceptors (Lipinski definition) is 4. The molecule has 1 atom stereocenters. The van der Waals surface area contributed by atoms with Gasteiger partial charge in [-0.15, -0.1) is 0 Å². The van der Waals surface area contributed by atoms with Crippen LogP contribution in [-0.4, -0.2) is 73.5 Å². The molecule has 2 aliphatic rings. The minimum atomic E-state index is -0.150. The first kappa shape index (κ1) is 14.3. The van der Waals surface area contributed by atoms with Crippen molar-refractivity contribution in [2.45, 2.75) is 25.8 Å². The molecule has 0 bridgehead atoms. The lowest BCUT2D eigenvalue weighted by atomic mass is 10.1. The molecule has 6 nitrogen and oxygen atoms in total. The normalized spacial score (nSPS) is 25.8. The molecule has 0 aliphatic carbocycles. The zero-order valence-corrected chi connectivity index (χ0v) is 11.7. The number of nitrogens with zero attached hydrogens (tertiary/aromatic N) is 2. The molecule has 0 aromatic carbocycles. The molecule has 2 aliphatic heterocycles. The summed E-state index contributed by atoms with van der Waals surface area (Å²) < 4.78 is 0. The Morgan fingerprint density at radius 2 is 2.11 bits per heavy atom. The first-order valence-corrected chi connectivity index (χ1v) is 7.22. The second kappa shape index (κ2) is 6.86. The van der Waals surface area contributed by atoms with E-state index in [1.165, 1.54) is 0 Å². The second-order valence-electron chi connectivity index (χ2n) is 5.17. The van der Waals surface area contributed by atoms with Crippen LogP contribution in [0.1, 0.15) is 19.8 Å². The molecule has 2 N–H and O–H groups in total. The second-order valence-corrected chi connectivity index (χ2v) is 5.17. The van der Waals surface area contributed by atoms with Crippen molar-refractivity contribution in [1.29, 1.82) is 0 Å². The third-order valence-electron chi connectivity index (χ3n) is 3.86. The van der Waals surface area contributed by atoms with Crippen LogP contribution in [-0.2, 0) is 9.59 Å². The molecule has 0 aromatic heterocycles. The summed E-state index contributed by atoms with van der Waals surface area (Å²) in [5.74, 6) is 0.205. The molecule has 2 saturated heterocycles. The monoisotopic (exact) mass is 268 g/mol. The standard InChI is InChI=1S/C13H24N4O2/c1-2-11-13(19)15-6-9-17(11)10-12(18)16-7-3-4-14-5-8-16/h11,14H,2-10H2,1H3,(H,15,19). The third-order valence-corrected chi connectivity index (χ3v) is 3.86. The van der Waals surface area contributed by atoms with Crippen molar-refractivity contribution in [2.75, 3.05) is 45.8 Å². The molecule has 108 valence electrons. The molecule has 0 spiro atoms. The van der Waals surface area contributed by atoms with Crippen LogP contribution < -0.4 is 10.6 Å². The van der Waals surface area contributed by atoms with Gasteiger partial charge in [0.2, 0.25) is 11.8 Å². The van der Waals surface area contributed by atoms with Crippen LogP contribution in [0.25, 0.3) is 0 Å². The highest BCUT2D eigenvalue weighted by atomic mass is 16.2. The summed E-state index contributed by atoms with van der Waals surface area (Å²) in [6, 6.07) is -0.150. The summed E-state index contributed by atoms with van der Waals surface area (Å²) in [5, 5.41) is 6.15. The van der Waals surface area contributed by atoms with Crippen molar-refractivity contribution >= 4 is 11.8 Å². The van der Waals surface area contributed by atoms with Crippen LogP contribution in [0.3, 0.4) is 0 Å². The number of piperazine rings is 1. The fraction of sp³-hybridized carbons (Fsp3) is 0.846. The van der Waals surface area contributed by atoms with E-state index in [2.05, 4.69) is 10.6 Å². The number of carbonyl (C=O) groups excluding carboxylic acids is 2. The lowest BCUT2D eigenvalue weighted by molar-refractivity contribution is -0.136. The Balaban J connectivity index is 1.91. The predicted octanol–water partition coefficient (Wildman–Crippen LogP) is -0.981. The van der Waals surface area contributed by atoms with E-state index in [-0.39, 0.29) is 17.9 Å². The van der Waals surface area contributed by atoms with Crippen molar-refractivity contribution in [1.82, 2.24) is 20.4 Å². The van der Waals surface area contributed by atoms with Crippen LogP contribution in [0.5, 0.6) is 0 Å². The Morgan fingerprint density at radius 1 is 1.26 bits per heavy atom. The SMILES string of the molecule is CCC1C(=O)NCCN1CC(=O)N1CCCNCC1. The van der Waals surface area contributed by atoms with E-state index >= 15 is 0 Å². The van der Waals surface area contributed by atoms with Gasteiger partial charge in [0.25, 0.3) is 0 Å². The summed E-state index contributed by atoms with van der Waals surface area (Å²) in [6.07, 6.45) is 1.75. The molecule has 2 amide bonds. The van der Waals surface area contributed by atoms with E-state index in [0.717, 1.165) is 45.6 Å². The van der Waals surface area contributed by atoms with Gasteiger partial charge in [-0.05, 0) is 19.4 Å². The van der Waals surface area contributed by atoms with Crippen LogP contribution in [0.2, 0.25) is 0 Å². The molecule has 19 heavy (non-hydrogen) atoms. The lowest BCUT2D eigenvalue weighted by Gasteiger charge is -2.35. The van der Waals surface area contributed by atoms with E-state index in [1.807, 2.05) is 16.7 Å². The maximum Gasteiger partial charge on any atom is 0.237 e. The first-order valence-electron chi connectivity index (χ1n) is 7.22. The number of amides is 2. The zero-order chi connectivity index (χ0) is 13.7. The van der Waals surface area contributed by atoms with Crippen molar-refractivity contribution < 1.29 is 9.59 Å². The molecule has 1 unspecified atom stereocenters. The molecule has 2 heterocycles. The Labute approximate surface area is 114 Å².